The van der Waals surface area contributed by atoms with Crippen LogP contribution < -0.4 is 15.9 Å². The van der Waals surface area contributed by atoms with Crippen LogP contribution in [0.5, 0.6) is 0 Å². The van der Waals surface area contributed by atoms with E-state index in [1.54, 1.807) is 0 Å². The van der Waals surface area contributed by atoms with Gasteiger partial charge in [0.15, 0.2) is 0 Å². The molecule has 0 unspecified atom stereocenters. The van der Waals surface area contributed by atoms with Crippen LogP contribution in [0.1, 0.15) is 15.2 Å². The summed E-state index contributed by atoms with van der Waals surface area (Å²) < 4.78 is 8.64. The van der Waals surface area contributed by atoms with Gasteiger partial charge in [0, 0.05) is 0 Å². The lowest BCUT2D eigenvalue weighted by Crippen LogP contribution is -2.32. The van der Waals surface area contributed by atoms with Crippen molar-refractivity contribution in [2.75, 3.05) is 6.16 Å². The Balaban J connectivity index is 2.34. The third-order valence-electron chi connectivity index (χ3n) is 4.26. The summed E-state index contributed by atoms with van der Waals surface area (Å²) in [6.45, 7) is 4.08. The van der Waals surface area contributed by atoms with Gasteiger partial charge in [0.1, 0.15) is 23.2 Å². The zero-order valence-electron chi connectivity index (χ0n) is 15.3. The van der Waals surface area contributed by atoms with Gasteiger partial charge in [0.2, 0.25) is 0 Å². The molecular weight excluding hydrogens is 307 g/mol. The van der Waals surface area contributed by atoms with Crippen molar-refractivity contribution in [3.63, 3.8) is 0 Å². The van der Waals surface area contributed by atoms with Crippen molar-refractivity contribution in [1.29, 1.82) is 0 Å². The Kier molecular flexibility index (Phi) is 4.86. The Labute approximate surface area is 147 Å². The van der Waals surface area contributed by atoms with E-state index in [-0.39, 0.29) is 0 Å². The quantitative estimate of drug-likeness (QED) is 0.458. The van der Waals surface area contributed by atoms with Gasteiger partial charge in [-0.1, -0.05) is 60.2 Å². The Bertz CT molecular complexity index is 738. The lowest BCUT2D eigenvalue weighted by molar-refractivity contribution is 1.36. The molecule has 0 bridgehead atoms. The molecule has 3 aromatic carbocycles. The molecule has 0 N–H and O–H groups in total. The summed E-state index contributed by atoms with van der Waals surface area (Å²) >= 11 is 0. The summed E-state index contributed by atoms with van der Waals surface area (Å²) in [5.74, 6) is 0. The van der Waals surface area contributed by atoms with Crippen LogP contribution in [0.4, 0.5) is 0 Å². The van der Waals surface area contributed by atoms with Gasteiger partial charge in [-0.2, -0.15) is 0 Å². The van der Waals surface area contributed by atoms with Gasteiger partial charge in [-0.25, -0.2) is 0 Å². The lowest BCUT2D eigenvalue weighted by atomic mass is 10.3. The Morgan fingerprint density at radius 1 is 0.708 bits per heavy atom. The SMILES string of the molecule is [2H]C(C[P+](c1ccccc1)(c1ccccc1)c1ccccc1)=C(C)C. The number of rotatable bonds is 5. The van der Waals surface area contributed by atoms with E-state index in [1.165, 1.54) is 15.9 Å². The van der Waals surface area contributed by atoms with E-state index in [1.807, 2.05) is 13.8 Å². The monoisotopic (exact) mass is 332 g/mol. The normalized spacial score (nSPS) is 11.7. The molecule has 0 amide bonds. The predicted octanol–water partition coefficient (Wildman–Crippen LogP) is 4.95. The second kappa shape index (κ2) is 7.60. The van der Waals surface area contributed by atoms with Gasteiger partial charge in [-0.05, 0) is 56.3 Å². The van der Waals surface area contributed by atoms with Gasteiger partial charge in [0.25, 0.3) is 0 Å². The van der Waals surface area contributed by atoms with Gasteiger partial charge in [-0.15, -0.1) is 0 Å². The largest absolute Gasteiger partial charge is 0.115 e. The molecule has 0 aliphatic carbocycles. The van der Waals surface area contributed by atoms with Crippen LogP contribution >= 0.6 is 7.26 Å². The fourth-order valence-corrected chi connectivity index (χ4v) is 7.08. The topological polar surface area (TPSA) is 0 Å². The average molecular weight is 332 g/mol. The van der Waals surface area contributed by atoms with Gasteiger partial charge in [-0.3, -0.25) is 0 Å². The zero-order valence-corrected chi connectivity index (χ0v) is 15.2. The highest BCUT2D eigenvalue weighted by molar-refractivity contribution is 7.95. The van der Waals surface area contributed by atoms with E-state index in [0.29, 0.717) is 0 Å². The third kappa shape index (κ3) is 3.35. The third-order valence-corrected chi connectivity index (χ3v) is 8.43. The molecule has 0 atom stereocenters. The number of hydrogen-bond acceptors (Lipinski definition) is 0. The molecule has 0 saturated heterocycles. The molecule has 24 heavy (non-hydrogen) atoms. The highest BCUT2D eigenvalue weighted by Gasteiger charge is 2.44. The molecule has 0 aliphatic rings. The molecule has 3 aromatic rings. The molecule has 0 spiro atoms. The summed E-state index contributed by atoms with van der Waals surface area (Å²) in [4.78, 5) is 0. The first-order valence-electron chi connectivity index (χ1n) is 8.82. The fourth-order valence-electron chi connectivity index (χ4n) is 3.05. The molecule has 1 heteroatoms. The lowest BCUT2D eigenvalue weighted by Gasteiger charge is -2.26. The van der Waals surface area contributed by atoms with E-state index < -0.39 is 7.26 Å². The molecule has 0 heterocycles. The standard InChI is InChI=1S/C23H24P/c1-20(2)18-19-24(21-12-6-3-7-13-21,22-14-8-4-9-15-22)23-16-10-5-11-17-23/h3-18H,19H2,1-2H3/q+1/i18D. The van der Waals surface area contributed by atoms with Gasteiger partial charge >= 0.3 is 0 Å². The van der Waals surface area contributed by atoms with E-state index >= 15 is 0 Å². The van der Waals surface area contributed by atoms with E-state index in [0.717, 1.165) is 17.8 Å². The maximum Gasteiger partial charge on any atom is 0.115 e. The van der Waals surface area contributed by atoms with Crippen molar-refractivity contribution >= 4 is 23.2 Å². The molecule has 0 saturated carbocycles. The maximum atomic E-state index is 8.64. The molecule has 0 aromatic heterocycles. The highest BCUT2D eigenvalue weighted by Crippen LogP contribution is 2.55. The molecule has 0 aliphatic heterocycles. The van der Waals surface area contributed by atoms with Gasteiger partial charge in [0.05, 0.1) is 7.53 Å². The van der Waals surface area contributed by atoms with Crippen LogP contribution in [0.3, 0.4) is 0 Å². The van der Waals surface area contributed by atoms with E-state index in [9.17, 15) is 0 Å². The minimum atomic E-state index is -1.91. The van der Waals surface area contributed by atoms with Crippen LogP contribution in [0.2, 0.25) is 0 Å². The highest BCUT2D eigenvalue weighted by atomic mass is 31.2. The summed E-state index contributed by atoms with van der Waals surface area (Å²) in [5, 5.41) is 4.00. The molecule has 0 fully saturated rings. The number of allylic oxidation sites excluding steroid dienone is 2. The fraction of sp³-hybridized carbons (Fsp3) is 0.130. The van der Waals surface area contributed by atoms with Crippen molar-refractivity contribution in [2.45, 2.75) is 13.8 Å². The second-order valence-corrected chi connectivity index (χ2v) is 9.64. The minimum Gasteiger partial charge on any atom is -0.0768 e. The Hall–Kier alpha value is -2.17. The molecule has 120 valence electrons. The summed E-state index contributed by atoms with van der Waals surface area (Å²) in [6.07, 6.45) is 0.757. The smallest absolute Gasteiger partial charge is 0.0768 e. The van der Waals surface area contributed by atoms with Crippen molar-refractivity contribution < 1.29 is 1.37 Å². The van der Waals surface area contributed by atoms with Gasteiger partial charge < -0.3 is 0 Å². The van der Waals surface area contributed by atoms with Crippen LogP contribution in [0.25, 0.3) is 0 Å². The van der Waals surface area contributed by atoms with Crippen molar-refractivity contribution in [3.8, 4) is 0 Å². The predicted molar refractivity (Wildman–Crippen MR) is 109 cm³/mol. The molecule has 0 radical (unpaired) electrons. The molecule has 3 rings (SSSR count). The number of benzene rings is 3. The second-order valence-electron chi connectivity index (χ2n) is 6.15. The first kappa shape index (κ1) is 15.4. The van der Waals surface area contributed by atoms with Crippen LogP contribution in [-0.4, -0.2) is 6.16 Å². The summed E-state index contributed by atoms with van der Waals surface area (Å²) in [5.41, 5.74) is 1.09. The molecular formula is C23H24P+. The van der Waals surface area contributed by atoms with Crippen molar-refractivity contribution in [1.82, 2.24) is 0 Å². The van der Waals surface area contributed by atoms with Crippen molar-refractivity contribution in [2.24, 2.45) is 0 Å². The Morgan fingerprint density at radius 2 is 1.04 bits per heavy atom. The first-order chi connectivity index (χ1) is 12.1. The van der Waals surface area contributed by atoms with Crippen LogP contribution in [-0.2, 0) is 0 Å². The zero-order chi connectivity index (χ0) is 17.7. The molecule has 0 nitrogen and oxygen atoms in total. The van der Waals surface area contributed by atoms with Crippen LogP contribution in [0, 0.1) is 0 Å². The number of hydrogen-bond donors (Lipinski definition) is 0. The first-order valence-corrected chi connectivity index (χ1v) is 10.3. The van der Waals surface area contributed by atoms with E-state index in [4.69, 9.17) is 1.37 Å². The average Bonchev–Trinajstić information content (AvgIpc) is 2.68. The Morgan fingerprint density at radius 3 is 1.33 bits per heavy atom. The van der Waals surface area contributed by atoms with Crippen LogP contribution in [0.15, 0.2) is 103 Å². The summed E-state index contributed by atoms with van der Waals surface area (Å²) in [7, 11) is -1.91. The minimum absolute atomic E-state index is 0.741. The summed E-state index contributed by atoms with van der Waals surface area (Å²) in [6, 6.07) is 33.0. The van der Waals surface area contributed by atoms with Crippen molar-refractivity contribution in [3.05, 3.63) is 103 Å². The maximum absolute atomic E-state index is 8.64. The van der Waals surface area contributed by atoms with E-state index in [2.05, 4.69) is 91.0 Å².